The number of rotatable bonds is 6. The fraction of sp³-hybridized carbons (Fsp3) is 0.533. The molecule has 0 radical (unpaired) electrons. The molecule has 0 saturated heterocycles. The molecular weight excluding hydrogens is 256 g/mol. The summed E-state index contributed by atoms with van der Waals surface area (Å²) in [5.74, 6) is 2.36. The average molecular weight is 278 g/mol. The predicted octanol–water partition coefficient (Wildman–Crippen LogP) is 2.67. The lowest BCUT2D eigenvalue weighted by Crippen LogP contribution is -2.43. The van der Waals surface area contributed by atoms with Crippen molar-refractivity contribution in [2.75, 3.05) is 16.8 Å². The van der Waals surface area contributed by atoms with Crippen LogP contribution >= 0.6 is 11.8 Å². The Labute approximate surface area is 119 Å². The summed E-state index contributed by atoms with van der Waals surface area (Å²) in [4.78, 5) is 12.2. The zero-order valence-electron chi connectivity index (χ0n) is 11.6. The van der Waals surface area contributed by atoms with Gasteiger partial charge in [0, 0.05) is 18.2 Å². The van der Waals surface area contributed by atoms with Gasteiger partial charge < -0.3 is 10.6 Å². The average Bonchev–Trinajstić information content (AvgIpc) is 2.83. The number of carbonyl (C=O) groups excluding carboxylic acids is 1. The van der Waals surface area contributed by atoms with E-state index in [1.165, 1.54) is 5.56 Å². The Balaban J connectivity index is 1.79. The maximum atomic E-state index is 12.2. The summed E-state index contributed by atoms with van der Waals surface area (Å²) in [7, 11) is 0. The number of benzene rings is 1. The van der Waals surface area contributed by atoms with Crippen molar-refractivity contribution in [1.82, 2.24) is 5.32 Å². The molecule has 0 saturated carbocycles. The van der Waals surface area contributed by atoms with Crippen LogP contribution in [0.2, 0.25) is 0 Å². The molecule has 1 aromatic carbocycles. The Morgan fingerprint density at radius 1 is 1.53 bits per heavy atom. The van der Waals surface area contributed by atoms with Gasteiger partial charge in [-0.1, -0.05) is 25.1 Å². The molecule has 0 bridgehead atoms. The zero-order chi connectivity index (χ0) is 13.7. The minimum absolute atomic E-state index is 0.112. The van der Waals surface area contributed by atoms with Gasteiger partial charge in [0.15, 0.2) is 0 Å². The smallest absolute Gasteiger partial charge is 0.243 e. The lowest BCUT2D eigenvalue weighted by Gasteiger charge is -2.17. The monoisotopic (exact) mass is 278 g/mol. The van der Waals surface area contributed by atoms with Crippen LogP contribution in [0.5, 0.6) is 0 Å². The first-order chi connectivity index (χ1) is 9.20. The normalized spacial score (nSPS) is 18.5. The summed E-state index contributed by atoms with van der Waals surface area (Å²) in [6.45, 7) is 4.24. The van der Waals surface area contributed by atoms with E-state index in [1.807, 2.05) is 30.0 Å². The fourth-order valence-corrected chi connectivity index (χ4v) is 3.08. The summed E-state index contributed by atoms with van der Waals surface area (Å²) in [6, 6.07) is 8.26. The van der Waals surface area contributed by atoms with Crippen molar-refractivity contribution in [3.8, 4) is 0 Å². The van der Waals surface area contributed by atoms with E-state index < -0.39 is 0 Å². The number of para-hydroxylation sites is 1. The summed E-state index contributed by atoms with van der Waals surface area (Å²) in [6.07, 6.45) is 1.82. The van der Waals surface area contributed by atoms with Gasteiger partial charge in [0.2, 0.25) is 5.91 Å². The third-order valence-electron chi connectivity index (χ3n) is 3.38. The van der Waals surface area contributed by atoms with Crippen LogP contribution in [0.4, 0.5) is 5.69 Å². The van der Waals surface area contributed by atoms with Gasteiger partial charge in [0.05, 0.1) is 0 Å². The van der Waals surface area contributed by atoms with Gasteiger partial charge in [-0.3, -0.25) is 4.79 Å². The van der Waals surface area contributed by atoms with Gasteiger partial charge in [-0.15, -0.1) is 0 Å². The van der Waals surface area contributed by atoms with E-state index in [0.717, 1.165) is 30.0 Å². The highest BCUT2D eigenvalue weighted by Crippen LogP contribution is 2.25. The maximum Gasteiger partial charge on any atom is 0.243 e. The van der Waals surface area contributed by atoms with Crippen LogP contribution in [0.25, 0.3) is 0 Å². The number of hydrogen-bond acceptors (Lipinski definition) is 3. The van der Waals surface area contributed by atoms with Crippen LogP contribution in [-0.2, 0) is 11.2 Å². The standard InChI is InChI=1S/C15H22N2OS/c1-3-19-9-8-11(2)16-15(18)14-10-12-6-4-5-7-13(12)17-14/h4-7,11,14,17H,3,8-10H2,1-2H3,(H,16,18)/t11?,14-/m0/s1. The molecular formula is C15H22N2OS. The van der Waals surface area contributed by atoms with E-state index in [-0.39, 0.29) is 18.0 Å². The molecule has 3 nitrogen and oxygen atoms in total. The second kappa shape index (κ2) is 6.85. The number of thioether (sulfide) groups is 1. The highest BCUT2D eigenvalue weighted by Gasteiger charge is 2.26. The molecule has 0 fully saturated rings. The number of carbonyl (C=O) groups is 1. The Bertz CT molecular complexity index is 411. The first-order valence-electron chi connectivity index (χ1n) is 6.93. The quantitative estimate of drug-likeness (QED) is 0.786. The van der Waals surface area contributed by atoms with Crippen molar-refractivity contribution in [1.29, 1.82) is 0 Å². The molecule has 4 heteroatoms. The molecule has 19 heavy (non-hydrogen) atoms. The highest BCUT2D eigenvalue weighted by atomic mass is 32.2. The lowest BCUT2D eigenvalue weighted by atomic mass is 10.1. The molecule has 1 aliphatic rings. The van der Waals surface area contributed by atoms with Gasteiger partial charge in [0.1, 0.15) is 6.04 Å². The Morgan fingerprint density at radius 3 is 3.05 bits per heavy atom. The second-order valence-corrected chi connectivity index (χ2v) is 6.35. The van der Waals surface area contributed by atoms with Crippen LogP contribution in [0.15, 0.2) is 24.3 Å². The van der Waals surface area contributed by atoms with Crippen LogP contribution < -0.4 is 10.6 Å². The van der Waals surface area contributed by atoms with Gasteiger partial charge in [0.25, 0.3) is 0 Å². The number of fused-ring (bicyclic) bond motifs is 1. The molecule has 0 aromatic heterocycles. The molecule has 104 valence electrons. The second-order valence-electron chi connectivity index (χ2n) is 4.95. The first kappa shape index (κ1) is 14.3. The van der Waals surface area contributed by atoms with Crippen LogP contribution in [-0.4, -0.2) is 29.5 Å². The summed E-state index contributed by atoms with van der Waals surface area (Å²) < 4.78 is 0. The van der Waals surface area contributed by atoms with Crippen molar-refractivity contribution in [2.45, 2.75) is 38.8 Å². The van der Waals surface area contributed by atoms with Crippen molar-refractivity contribution < 1.29 is 4.79 Å². The summed E-state index contributed by atoms with van der Waals surface area (Å²) >= 11 is 1.92. The van der Waals surface area contributed by atoms with Gasteiger partial charge >= 0.3 is 0 Å². The van der Waals surface area contributed by atoms with E-state index in [4.69, 9.17) is 0 Å². The van der Waals surface area contributed by atoms with Gasteiger partial charge in [-0.2, -0.15) is 11.8 Å². The van der Waals surface area contributed by atoms with Gasteiger partial charge in [-0.05, 0) is 36.5 Å². The molecule has 2 rings (SSSR count). The Hall–Kier alpha value is -1.16. The predicted molar refractivity (Wildman–Crippen MR) is 82.8 cm³/mol. The van der Waals surface area contributed by atoms with Crippen LogP contribution in [0, 0.1) is 0 Å². The third-order valence-corrected chi connectivity index (χ3v) is 4.31. The fourth-order valence-electron chi connectivity index (χ4n) is 2.28. The molecule has 2 N–H and O–H groups in total. The molecule has 1 amide bonds. The van der Waals surface area contributed by atoms with Crippen LogP contribution in [0.1, 0.15) is 25.8 Å². The van der Waals surface area contributed by atoms with Crippen molar-refractivity contribution in [2.24, 2.45) is 0 Å². The van der Waals surface area contributed by atoms with E-state index in [9.17, 15) is 4.79 Å². The number of nitrogens with one attached hydrogen (secondary N) is 2. The maximum absolute atomic E-state index is 12.2. The van der Waals surface area contributed by atoms with Crippen molar-refractivity contribution in [3.63, 3.8) is 0 Å². The van der Waals surface area contributed by atoms with E-state index >= 15 is 0 Å². The Kier molecular flexibility index (Phi) is 5.14. The summed E-state index contributed by atoms with van der Waals surface area (Å²) in [5, 5.41) is 6.39. The first-order valence-corrected chi connectivity index (χ1v) is 8.08. The summed E-state index contributed by atoms with van der Waals surface area (Å²) in [5.41, 5.74) is 2.33. The molecule has 1 aromatic rings. The van der Waals surface area contributed by atoms with E-state index in [1.54, 1.807) is 0 Å². The number of hydrogen-bond donors (Lipinski definition) is 2. The Morgan fingerprint density at radius 2 is 2.32 bits per heavy atom. The molecule has 1 heterocycles. The zero-order valence-corrected chi connectivity index (χ0v) is 12.4. The minimum Gasteiger partial charge on any atom is -0.373 e. The van der Waals surface area contributed by atoms with Gasteiger partial charge in [-0.25, -0.2) is 0 Å². The molecule has 1 aliphatic heterocycles. The van der Waals surface area contributed by atoms with Crippen molar-refractivity contribution >= 4 is 23.4 Å². The van der Waals surface area contributed by atoms with E-state index in [2.05, 4.69) is 30.5 Å². The molecule has 1 unspecified atom stereocenters. The molecule has 0 spiro atoms. The van der Waals surface area contributed by atoms with Crippen molar-refractivity contribution in [3.05, 3.63) is 29.8 Å². The molecule has 2 atom stereocenters. The highest BCUT2D eigenvalue weighted by molar-refractivity contribution is 7.99. The minimum atomic E-state index is -0.112. The number of amides is 1. The van der Waals surface area contributed by atoms with Crippen LogP contribution in [0.3, 0.4) is 0 Å². The number of anilines is 1. The largest absolute Gasteiger partial charge is 0.373 e. The van der Waals surface area contributed by atoms with E-state index in [0.29, 0.717) is 0 Å². The molecule has 0 aliphatic carbocycles. The SMILES string of the molecule is CCSCCC(C)NC(=O)[C@@H]1Cc2ccccc2N1. The lowest BCUT2D eigenvalue weighted by molar-refractivity contribution is -0.122. The topological polar surface area (TPSA) is 41.1 Å². The third kappa shape index (κ3) is 3.90.